The van der Waals surface area contributed by atoms with E-state index in [0.29, 0.717) is 0 Å². The van der Waals surface area contributed by atoms with Gasteiger partial charge in [0, 0.05) is 5.92 Å². The lowest BCUT2D eigenvalue weighted by Gasteiger charge is -2.38. The summed E-state index contributed by atoms with van der Waals surface area (Å²) in [4.78, 5) is 12.5. The number of hydrogen-bond acceptors (Lipinski definition) is 3. The molecule has 0 aromatic rings. The van der Waals surface area contributed by atoms with Crippen LogP contribution in [0, 0.1) is 40.9 Å². The van der Waals surface area contributed by atoms with Gasteiger partial charge in [-0.2, -0.15) is 5.26 Å². The third-order valence-electron chi connectivity index (χ3n) is 8.27. The fraction of sp³-hybridized carbons (Fsp3) is 0.923. The Hall–Kier alpha value is -1.04. The molecule has 3 aliphatic rings. The van der Waals surface area contributed by atoms with Gasteiger partial charge in [-0.05, 0) is 82.0 Å². The van der Waals surface area contributed by atoms with Gasteiger partial charge in [0.15, 0.2) is 0 Å². The Kier molecular flexibility index (Phi) is 9.35. The number of carbonyl (C=O) groups is 1. The van der Waals surface area contributed by atoms with Crippen molar-refractivity contribution in [1.82, 2.24) is 0 Å². The standard InChI is InChI=1S/C26H43NO2/c1-2-3-4-5-6-20-7-11-22(12-8-20)23-15-17-25(18-16-23)29-26(28)24-13-9-21(19-27)10-14-24/h20-25H,2-18H2,1H3. The lowest BCUT2D eigenvalue weighted by atomic mass is 9.70. The molecular weight excluding hydrogens is 358 g/mol. The molecule has 3 aliphatic carbocycles. The van der Waals surface area contributed by atoms with Crippen molar-refractivity contribution in [1.29, 1.82) is 5.26 Å². The van der Waals surface area contributed by atoms with Crippen LogP contribution in [0.15, 0.2) is 0 Å². The van der Waals surface area contributed by atoms with Crippen LogP contribution in [0.3, 0.4) is 0 Å². The summed E-state index contributed by atoms with van der Waals surface area (Å²) in [6, 6.07) is 2.35. The van der Waals surface area contributed by atoms with Gasteiger partial charge < -0.3 is 4.74 Å². The molecule has 0 radical (unpaired) electrons. The molecule has 0 aromatic heterocycles. The first-order valence-corrected chi connectivity index (χ1v) is 12.8. The zero-order chi connectivity index (χ0) is 20.5. The minimum atomic E-state index is 0.0217. The van der Waals surface area contributed by atoms with Crippen LogP contribution in [-0.4, -0.2) is 12.1 Å². The highest BCUT2D eigenvalue weighted by atomic mass is 16.5. The number of carbonyl (C=O) groups excluding carboxylic acids is 1. The maximum absolute atomic E-state index is 12.5. The summed E-state index contributed by atoms with van der Waals surface area (Å²) in [6.45, 7) is 2.29. The zero-order valence-electron chi connectivity index (χ0n) is 18.7. The zero-order valence-corrected chi connectivity index (χ0v) is 18.7. The Morgan fingerprint density at radius 3 is 2.03 bits per heavy atom. The van der Waals surface area contributed by atoms with Gasteiger partial charge in [-0.15, -0.1) is 0 Å². The SMILES string of the molecule is CCCCCCC1CCC(C2CCC(OC(=O)C3CCC(C#N)CC3)CC2)CC1. The Bertz CT molecular complexity index is 515. The molecule has 3 nitrogen and oxygen atoms in total. The second-order valence-corrected chi connectivity index (χ2v) is 10.3. The molecule has 0 N–H and O–H groups in total. The van der Waals surface area contributed by atoms with Gasteiger partial charge in [-0.1, -0.05) is 51.9 Å². The summed E-state index contributed by atoms with van der Waals surface area (Å²) < 4.78 is 5.89. The Morgan fingerprint density at radius 2 is 1.45 bits per heavy atom. The summed E-state index contributed by atoms with van der Waals surface area (Å²) in [5.41, 5.74) is 0. The number of unbranched alkanes of at least 4 members (excludes halogenated alkanes) is 3. The first kappa shape index (κ1) is 22.6. The van der Waals surface area contributed by atoms with E-state index in [0.717, 1.165) is 56.3 Å². The number of ether oxygens (including phenoxy) is 1. The molecule has 0 bridgehead atoms. The number of nitriles is 1. The molecule has 3 rings (SSSR count). The summed E-state index contributed by atoms with van der Waals surface area (Å²) in [5, 5.41) is 9.02. The Morgan fingerprint density at radius 1 is 0.828 bits per heavy atom. The summed E-state index contributed by atoms with van der Waals surface area (Å²) in [6.07, 6.45) is 21.1. The van der Waals surface area contributed by atoms with E-state index in [1.54, 1.807) is 0 Å². The third kappa shape index (κ3) is 7.01. The highest BCUT2D eigenvalue weighted by Gasteiger charge is 2.33. The van der Waals surface area contributed by atoms with Crippen LogP contribution in [0.1, 0.15) is 116 Å². The van der Waals surface area contributed by atoms with E-state index >= 15 is 0 Å². The fourth-order valence-electron chi connectivity index (χ4n) is 6.20. The molecule has 0 aromatic carbocycles. The van der Waals surface area contributed by atoms with Gasteiger partial charge in [0.05, 0.1) is 12.0 Å². The van der Waals surface area contributed by atoms with Gasteiger partial charge in [0.2, 0.25) is 0 Å². The second-order valence-electron chi connectivity index (χ2n) is 10.3. The van der Waals surface area contributed by atoms with Gasteiger partial charge in [-0.25, -0.2) is 0 Å². The lowest BCUT2D eigenvalue weighted by Crippen LogP contribution is -2.32. The van der Waals surface area contributed by atoms with Crippen LogP contribution in [0.5, 0.6) is 0 Å². The molecule has 3 heteroatoms. The molecule has 0 saturated heterocycles. The summed E-state index contributed by atoms with van der Waals surface area (Å²) in [5.74, 6) is 3.02. The molecule has 29 heavy (non-hydrogen) atoms. The molecular formula is C26H43NO2. The molecule has 3 fully saturated rings. The molecule has 0 unspecified atom stereocenters. The largest absolute Gasteiger partial charge is 0.462 e. The quantitative estimate of drug-likeness (QED) is 0.319. The van der Waals surface area contributed by atoms with E-state index in [1.807, 2.05) is 0 Å². The van der Waals surface area contributed by atoms with Crippen molar-refractivity contribution in [2.24, 2.45) is 29.6 Å². The van der Waals surface area contributed by atoms with Crippen molar-refractivity contribution in [2.45, 2.75) is 122 Å². The van der Waals surface area contributed by atoms with E-state index in [4.69, 9.17) is 10.00 Å². The van der Waals surface area contributed by atoms with Crippen LogP contribution in [0.4, 0.5) is 0 Å². The highest BCUT2D eigenvalue weighted by Crippen LogP contribution is 2.42. The smallest absolute Gasteiger partial charge is 0.309 e. The van der Waals surface area contributed by atoms with Crippen molar-refractivity contribution in [2.75, 3.05) is 0 Å². The average molecular weight is 402 g/mol. The van der Waals surface area contributed by atoms with Crippen LogP contribution in [-0.2, 0) is 9.53 Å². The lowest BCUT2D eigenvalue weighted by molar-refractivity contribution is -0.157. The monoisotopic (exact) mass is 401 g/mol. The van der Waals surface area contributed by atoms with Crippen LogP contribution >= 0.6 is 0 Å². The molecule has 164 valence electrons. The predicted molar refractivity (Wildman–Crippen MR) is 117 cm³/mol. The van der Waals surface area contributed by atoms with Gasteiger partial charge in [-0.3, -0.25) is 4.79 Å². The summed E-state index contributed by atoms with van der Waals surface area (Å²) in [7, 11) is 0. The minimum absolute atomic E-state index is 0.0217. The van der Waals surface area contributed by atoms with Gasteiger partial charge in [0.1, 0.15) is 6.10 Å². The minimum Gasteiger partial charge on any atom is -0.462 e. The molecule has 0 atom stereocenters. The normalized spacial score (nSPS) is 35.6. The summed E-state index contributed by atoms with van der Waals surface area (Å²) >= 11 is 0. The van der Waals surface area contributed by atoms with Crippen molar-refractivity contribution < 1.29 is 9.53 Å². The van der Waals surface area contributed by atoms with Gasteiger partial charge >= 0.3 is 5.97 Å². The molecule has 3 saturated carbocycles. The Balaban J connectivity index is 1.30. The van der Waals surface area contributed by atoms with Crippen molar-refractivity contribution in [3.8, 4) is 6.07 Å². The van der Waals surface area contributed by atoms with Crippen molar-refractivity contribution in [3.05, 3.63) is 0 Å². The van der Waals surface area contributed by atoms with Gasteiger partial charge in [0.25, 0.3) is 0 Å². The number of nitrogens with zero attached hydrogens (tertiary/aromatic N) is 1. The van der Waals surface area contributed by atoms with Crippen molar-refractivity contribution in [3.63, 3.8) is 0 Å². The van der Waals surface area contributed by atoms with E-state index in [9.17, 15) is 4.79 Å². The third-order valence-corrected chi connectivity index (χ3v) is 8.27. The second kappa shape index (κ2) is 12.0. The average Bonchev–Trinajstić information content (AvgIpc) is 2.78. The van der Waals surface area contributed by atoms with E-state index < -0.39 is 0 Å². The molecule has 0 heterocycles. The maximum Gasteiger partial charge on any atom is 0.309 e. The van der Waals surface area contributed by atoms with Crippen molar-refractivity contribution >= 4 is 5.97 Å². The fourth-order valence-corrected chi connectivity index (χ4v) is 6.20. The molecule has 0 spiro atoms. The molecule has 0 aliphatic heterocycles. The number of esters is 1. The topological polar surface area (TPSA) is 50.1 Å². The number of rotatable bonds is 8. The van der Waals surface area contributed by atoms with E-state index in [2.05, 4.69) is 13.0 Å². The predicted octanol–water partition coefficient (Wildman–Crippen LogP) is 7.20. The molecule has 0 amide bonds. The van der Waals surface area contributed by atoms with Crippen LogP contribution < -0.4 is 0 Å². The number of hydrogen-bond donors (Lipinski definition) is 0. The highest BCUT2D eigenvalue weighted by molar-refractivity contribution is 5.72. The maximum atomic E-state index is 12.5. The van der Waals surface area contributed by atoms with E-state index in [1.165, 1.54) is 70.6 Å². The van der Waals surface area contributed by atoms with Crippen LogP contribution in [0.25, 0.3) is 0 Å². The van der Waals surface area contributed by atoms with Crippen LogP contribution in [0.2, 0.25) is 0 Å². The Labute approximate surface area is 179 Å². The first-order valence-electron chi connectivity index (χ1n) is 12.8. The van der Waals surface area contributed by atoms with E-state index in [-0.39, 0.29) is 23.9 Å². The first-order chi connectivity index (χ1) is 14.2.